The molecule has 3 N–H and O–H groups in total. The van der Waals surface area contributed by atoms with Crippen LogP contribution in [0.4, 0.5) is 5.69 Å². The van der Waals surface area contributed by atoms with Crippen LogP contribution in [0.3, 0.4) is 0 Å². The van der Waals surface area contributed by atoms with Crippen molar-refractivity contribution in [1.29, 1.82) is 0 Å². The van der Waals surface area contributed by atoms with Gasteiger partial charge in [-0.1, -0.05) is 29.8 Å². The number of nitrogens with zero attached hydrogens (tertiary/aromatic N) is 5. The fraction of sp³-hybridized carbons (Fsp3) is 0.227. The summed E-state index contributed by atoms with van der Waals surface area (Å²) >= 11 is 0. The molecule has 31 heavy (non-hydrogen) atoms. The van der Waals surface area contributed by atoms with Gasteiger partial charge in [0, 0.05) is 18.1 Å². The van der Waals surface area contributed by atoms with Crippen LogP contribution in [0.25, 0.3) is 22.2 Å². The van der Waals surface area contributed by atoms with Crippen molar-refractivity contribution in [1.82, 2.24) is 24.5 Å². The van der Waals surface area contributed by atoms with Crippen molar-refractivity contribution in [2.75, 3.05) is 5.32 Å². The summed E-state index contributed by atoms with van der Waals surface area (Å²) in [6.45, 7) is 6.17. The Balaban J connectivity index is 1.66. The third-order valence-electron chi connectivity index (χ3n) is 5.08. The Bertz CT molecular complexity index is 1300. The van der Waals surface area contributed by atoms with Gasteiger partial charge in [-0.05, 0) is 38.0 Å². The molecule has 0 aliphatic carbocycles. The predicted molar refractivity (Wildman–Crippen MR) is 117 cm³/mol. The monoisotopic (exact) mass is 417 g/mol. The molecule has 3 aromatic heterocycles. The average molecular weight is 417 g/mol. The highest BCUT2D eigenvalue weighted by atomic mass is 16.2. The molecule has 158 valence electrons. The molecule has 0 saturated heterocycles. The number of hydrogen-bond acceptors (Lipinski definition) is 5. The highest BCUT2D eigenvalue weighted by molar-refractivity contribution is 6.02. The van der Waals surface area contributed by atoms with Gasteiger partial charge in [0.25, 0.3) is 5.91 Å². The largest absolute Gasteiger partial charge is 0.364 e. The van der Waals surface area contributed by atoms with E-state index >= 15 is 0 Å². The Morgan fingerprint density at radius 3 is 2.68 bits per heavy atom. The molecule has 0 spiro atoms. The molecule has 4 rings (SSSR count). The van der Waals surface area contributed by atoms with Gasteiger partial charge < -0.3 is 11.1 Å². The quantitative estimate of drug-likeness (QED) is 0.500. The third-order valence-corrected chi connectivity index (χ3v) is 5.08. The van der Waals surface area contributed by atoms with E-state index < -0.39 is 5.91 Å². The highest BCUT2D eigenvalue weighted by Gasteiger charge is 2.19. The lowest BCUT2D eigenvalue weighted by Crippen LogP contribution is -2.23. The molecule has 0 bridgehead atoms. The minimum absolute atomic E-state index is 0.0654. The van der Waals surface area contributed by atoms with Crippen molar-refractivity contribution in [3.8, 4) is 11.1 Å². The van der Waals surface area contributed by atoms with Crippen molar-refractivity contribution in [3.05, 3.63) is 59.7 Å². The Morgan fingerprint density at radius 1 is 1.16 bits per heavy atom. The summed E-state index contributed by atoms with van der Waals surface area (Å²) in [4.78, 5) is 28.9. The van der Waals surface area contributed by atoms with Gasteiger partial charge in [-0.25, -0.2) is 9.67 Å². The fourth-order valence-electron chi connectivity index (χ4n) is 3.75. The number of hydrogen-bond donors (Lipinski definition) is 2. The van der Waals surface area contributed by atoms with Crippen molar-refractivity contribution in [3.63, 3.8) is 0 Å². The van der Waals surface area contributed by atoms with Gasteiger partial charge in [0.2, 0.25) is 5.91 Å². The number of carbonyl (C=O) groups excluding carboxylic acids is 2. The van der Waals surface area contributed by atoms with E-state index in [1.165, 1.54) is 10.9 Å². The van der Waals surface area contributed by atoms with Crippen LogP contribution in [0, 0.1) is 13.8 Å². The maximum Gasteiger partial charge on any atom is 0.269 e. The maximum absolute atomic E-state index is 12.7. The van der Waals surface area contributed by atoms with E-state index in [0.717, 1.165) is 27.8 Å². The SMILES string of the molecule is CCn1ncc(NC(=O)Cn2nc(C)c3c(-c4cccc(C)c4)ccnc32)c1C(N)=O. The summed E-state index contributed by atoms with van der Waals surface area (Å²) in [6, 6.07) is 10.2. The first-order chi connectivity index (χ1) is 14.9. The second kappa shape index (κ2) is 8.02. The van der Waals surface area contributed by atoms with E-state index in [1.807, 2.05) is 45.0 Å². The van der Waals surface area contributed by atoms with Crippen LogP contribution in [0.15, 0.2) is 42.7 Å². The lowest BCUT2D eigenvalue weighted by molar-refractivity contribution is -0.116. The van der Waals surface area contributed by atoms with Gasteiger partial charge in [-0.3, -0.25) is 14.3 Å². The number of nitrogens with two attached hydrogens (primary N) is 1. The second-order valence-electron chi connectivity index (χ2n) is 7.30. The number of rotatable bonds is 6. The van der Waals surface area contributed by atoms with Crippen molar-refractivity contribution < 1.29 is 9.59 Å². The van der Waals surface area contributed by atoms with Crippen molar-refractivity contribution in [2.24, 2.45) is 5.73 Å². The summed E-state index contributed by atoms with van der Waals surface area (Å²) in [5.41, 5.74) is 10.5. The fourth-order valence-corrected chi connectivity index (χ4v) is 3.75. The van der Waals surface area contributed by atoms with Crippen molar-refractivity contribution in [2.45, 2.75) is 33.9 Å². The number of aromatic nitrogens is 5. The summed E-state index contributed by atoms with van der Waals surface area (Å²) in [5.74, 6) is -1.01. The topological polar surface area (TPSA) is 121 Å². The molecule has 0 radical (unpaired) electrons. The van der Waals surface area contributed by atoms with Crippen LogP contribution < -0.4 is 11.1 Å². The van der Waals surface area contributed by atoms with Crippen LogP contribution in [0.2, 0.25) is 0 Å². The van der Waals surface area contributed by atoms with E-state index in [-0.39, 0.29) is 23.8 Å². The van der Waals surface area contributed by atoms with E-state index in [0.29, 0.717) is 12.2 Å². The standard InChI is InChI=1S/C22H23N7O2/c1-4-28-20(21(23)31)17(11-25-28)26-18(30)12-29-22-19(14(3)27-29)16(8-9-24-22)15-7-5-6-13(2)10-15/h5-11H,4,12H2,1-3H3,(H2,23,31)(H,26,30). The van der Waals surface area contributed by atoms with E-state index in [4.69, 9.17) is 5.73 Å². The van der Waals surface area contributed by atoms with Gasteiger partial charge in [0.15, 0.2) is 5.65 Å². The molecular weight excluding hydrogens is 394 g/mol. The highest BCUT2D eigenvalue weighted by Crippen LogP contribution is 2.30. The summed E-state index contributed by atoms with van der Waals surface area (Å²) in [6.07, 6.45) is 3.13. The van der Waals surface area contributed by atoms with Gasteiger partial charge >= 0.3 is 0 Å². The zero-order valence-electron chi connectivity index (χ0n) is 17.6. The minimum atomic E-state index is -0.653. The summed E-state index contributed by atoms with van der Waals surface area (Å²) in [5, 5.41) is 12.2. The van der Waals surface area contributed by atoms with Crippen LogP contribution in [-0.2, 0) is 17.9 Å². The molecule has 0 aliphatic heterocycles. The number of carbonyl (C=O) groups is 2. The van der Waals surface area contributed by atoms with Gasteiger partial charge in [-0.15, -0.1) is 0 Å². The molecule has 0 aliphatic rings. The molecule has 9 nitrogen and oxygen atoms in total. The van der Waals surface area contributed by atoms with Crippen LogP contribution >= 0.6 is 0 Å². The van der Waals surface area contributed by atoms with Crippen LogP contribution in [0.5, 0.6) is 0 Å². The van der Waals surface area contributed by atoms with E-state index in [2.05, 4.69) is 26.6 Å². The Hall–Kier alpha value is -4.01. The van der Waals surface area contributed by atoms with Crippen LogP contribution in [-0.4, -0.2) is 36.4 Å². The number of primary amides is 1. The zero-order chi connectivity index (χ0) is 22.1. The number of fused-ring (bicyclic) bond motifs is 1. The molecule has 0 unspecified atom stereocenters. The molecule has 2 amide bonds. The number of benzene rings is 1. The molecule has 9 heteroatoms. The number of amides is 2. The molecule has 0 saturated carbocycles. The van der Waals surface area contributed by atoms with E-state index in [9.17, 15) is 9.59 Å². The zero-order valence-corrected chi connectivity index (χ0v) is 17.6. The normalized spacial score (nSPS) is 11.1. The first kappa shape index (κ1) is 20.3. The molecular formula is C22H23N7O2. The third kappa shape index (κ3) is 3.77. The summed E-state index contributed by atoms with van der Waals surface area (Å²) < 4.78 is 3.01. The maximum atomic E-state index is 12.7. The Kier molecular flexibility index (Phi) is 5.24. The Morgan fingerprint density at radius 2 is 1.97 bits per heavy atom. The molecule has 0 atom stereocenters. The molecule has 4 aromatic rings. The van der Waals surface area contributed by atoms with Gasteiger partial charge in [0.1, 0.15) is 12.2 Å². The first-order valence-corrected chi connectivity index (χ1v) is 9.93. The Labute approximate surface area is 178 Å². The second-order valence-corrected chi connectivity index (χ2v) is 7.30. The smallest absolute Gasteiger partial charge is 0.269 e. The lowest BCUT2D eigenvalue weighted by atomic mass is 10.0. The predicted octanol–water partition coefficient (Wildman–Crippen LogP) is 2.67. The van der Waals surface area contributed by atoms with Gasteiger partial charge in [-0.2, -0.15) is 10.2 Å². The van der Waals surface area contributed by atoms with Crippen LogP contribution in [0.1, 0.15) is 28.7 Å². The lowest BCUT2D eigenvalue weighted by Gasteiger charge is -2.08. The van der Waals surface area contributed by atoms with E-state index in [1.54, 1.807) is 10.9 Å². The average Bonchev–Trinajstić information content (AvgIpc) is 3.28. The molecule has 3 heterocycles. The minimum Gasteiger partial charge on any atom is -0.364 e. The molecule has 1 aromatic carbocycles. The first-order valence-electron chi connectivity index (χ1n) is 9.93. The number of anilines is 1. The number of pyridine rings is 1. The molecule has 0 fully saturated rings. The number of nitrogens with one attached hydrogen (secondary N) is 1. The van der Waals surface area contributed by atoms with Gasteiger partial charge in [0.05, 0.1) is 17.6 Å². The summed E-state index contributed by atoms with van der Waals surface area (Å²) in [7, 11) is 0. The number of aryl methyl sites for hydroxylation is 3. The van der Waals surface area contributed by atoms with Crippen molar-refractivity contribution >= 4 is 28.5 Å².